The number of nitrogens with zero attached hydrogens (tertiary/aromatic N) is 4. The average molecular weight is 1730 g/mol. The van der Waals surface area contributed by atoms with Gasteiger partial charge >= 0.3 is 11.9 Å². The first-order chi connectivity index (χ1) is 55.1. The molecule has 6 heterocycles. The van der Waals surface area contributed by atoms with Crippen LogP contribution in [0.4, 0.5) is 17.6 Å². The number of fused-ring (bicyclic) bond motifs is 6. The minimum atomic E-state index is -4.02. The summed E-state index contributed by atoms with van der Waals surface area (Å²) in [6.45, 7) is 16.6. The molecule has 4 amide bonds. The van der Waals surface area contributed by atoms with E-state index in [9.17, 15) is 63.2 Å². The van der Waals surface area contributed by atoms with Crippen LogP contribution in [-0.2, 0) is 67.9 Å². The largest absolute Gasteiger partial charge is 0.495 e. The number of amides is 4. The number of rotatable bonds is 22. The van der Waals surface area contributed by atoms with Gasteiger partial charge < -0.3 is 38.2 Å². The number of halogens is 6. The van der Waals surface area contributed by atoms with Crippen LogP contribution in [0.2, 0.25) is 10.0 Å². The monoisotopic (exact) mass is 1730 g/mol. The van der Waals surface area contributed by atoms with Crippen molar-refractivity contribution in [1.82, 2.24) is 29.2 Å². The van der Waals surface area contributed by atoms with Gasteiger partial charge in [0.1, 0.15) is 23.7 Å². The number of esters is 2. The normalized spacial score (nSPS) is 29.4. The number of carbonyl (C=O) groups excluding carboxylic acids is 8. The lowest BCUT2D eigenvalue weighted by Gasteiger charge is -2.35. The van der Waals surface area contributed by atoms with E-state index in [-0.39, 0.29) is 87.0 Å². The molecule has 8 aliphatic rings. The van der Waals surface area contributed by atoms with Crippen molar-refractivity contribution in [3.05, 3.63) is 83.1 Å². The van der Waals surface area contributed by atoms with Crippen LogP contribution in [0.15, 0.2) is 73.1 Å². The van der Waals surface area contributed by atoms with Crippen LogP contribution in [0.1, 0.15) is 212 Å². The SMILES string of the molecule is CC[C@@H]1C[C@@H](C)CC/C=C\[C@@H]2C[C@@]2(C(=O)NS(=O)(=O)C2(C)CC2)CC(=O)[C@@H]2C[C@@H](Oc3nccc4cc(OC)c(Cl)cc34)CN2C(=O)[C@H]1CC(=O)OC(C)(C)C(C)(F)F.CC[C@@H]1C[C@H](C)CC/C=C\[C@@H]2C[C@@]2(C(=O)NS(=O)(=O)C2(C)CC2)CC(=O)[C@@H]2C[C@@H](Oc3nccc4cc(OC)c(Cl)cc34)CN2C(=O)[C@H]1CC(=O)OC(C)(C)C(C)(F)F. The number of benzene rings is 2. The highest BCUT2D eigenvalue weighted by atomic mass is 35.5. The number of nitrogens with one attached hydrogen (secondary N) is 2. The van der Waals surface area contributed by atoms with Crippen molar-refractivity contribution in [1.29, 1.82) is 0 Å². The van der Waals surface area contributed by atoms with Crippen LogP contribution in [0.3, 0.4) is 0 Å². The highest BCUT2D eigenvalue weighted by Crippen LogP contribution is 2.60. The molecule has 2 N–H and O–H groups in total. The standard InChI is InChI=1S/2C43H56ClF2N3O9S/c2*1-8-26-17-25(2)11-9-10-12-28-22-43(28,39(53)48-59(54,55)41(5)14-15-41)23-34(50)33-19-29(57-37-30-20-32(44)35(56-7)18-27(30)13-16-47-37)24-49(33)38(52)31(26)21-36(51)58-40(3,4)42(6,45)46/h2*10,12-13,16,18,20,25-26,28-29,31,33H,8-9,11,14-15,17,19,21-24H2,1-7H3,(H,48,53)/b2*12-10-/t25-,26+,28+,29+,31-,33-,43+;25-,26-,28-,29-,31+,33+,43-/m01/s1. The lowest BCUT2D eigenvalue weighted by Crippen LogP contribution is -2.49. The number of methoxy groups -OCH3 is 2. The maximum Gasteiger partial charge on any atom is 0.307 e. The average Bonchev–Trinajstić information content (AvgIpc) is 1.57. The van der Waals surface area contributed by atoms with Gasteiger partial charge in [0.25, 0.3) is 11.8 Å². The third kappa shape index (κ3) is 19.6. The van der Waals surface area contributed by atoms with Gasteiger partial charge in [-0.05, 0) is 201 Å². The molecule has 4 saturated carbocycles. The van der Waals surface area contributed by atoms with Crippen molar-refractivity contribution in [3.8, 4) is 23.3 Å². The topological polar surface area (TPSA) is 317 Å². The Balaban J connectivity index is 0.000000231. The quantitative estimate of drug-likeness (QED) is 0.0419. The van der Waals surface area contributed by atoms with E-state index in [2.05, 4.69) is 19.4 Å². The first-order valence-electron chi connectivity index (χ1n) is 41.0. The number of pyridine rings is 2. The van der Waals surface area contributed by atoms with Crippen LogP contribution >= 0.6 is 23.2 Å². The van der Waals surface area contributed by atoms with Crippen LogP contribution in [0.25, 0.3) is 21.5 Å². The number of alkyl halides is 4. The van der Waals surface area contributed by atoms with Gasteiger partial charge in [-0.3, -0.25) is 47.8 Å². The highest BCUT2D eigenvalue weighted by Gasteiger charge is 2.65. The number of aromatic nitrogens is 2. The van der Waals surface area contributed by atoms with Gasteiger partial charge in [0, 0.05) is 62.7 Å². The molecule has 32 heteroatoms. The fourth-order valence-electron chi connectivity index (χ4n) is 17.0. The van der Waals surface area contributed by atoms with Crippen molar-refractivity contribution >= 4 is 112 Å². The molecule has 118 heavy (non-hydrogen) atoms. The second-order valence-corrected chi connectivity index (χ2v) is 41.2. The minimum Gasteiger partial charge on any atom is -0.495 e. The molecule has 4 aliphatic heterocycles. The highest BCUT2D eigenvalue weighted by molar-refractivity contribution is 7.92. The molecule has 2 aromatic carbocycles. The van der Waals surface area contributed by atoms with Gasteiger partial charge in [0.2, 0.25) is 55.4 Å². The molecule has 0 radical (unpaired) electrons. The van der Waals surface area contributed by atoms with Crippen molar-refractivity contribution < 1.29 is 101 Å². The zero-order valence-corrected chi connectivity index (χ0v) is 72.8. The summed E-state index contributed by atoms with van der Waals surface area (Å²) in [5, 5.41) is 3.18. The second-order valence-electron chi connectivity index (χ2n) is 36.0. The maximum absolute atomic E-state index is 15.1. The number of Topliss-reactive ketones (excluding diaryl/α,β-unsaturated/α-hetero) is 2. The van der Waals surface area contributed by atoms with E-state index < -0.39 is 171 Å². The molecular weight excluding hydrogens is 1620 g/mol. The molecule has 12 rings (SSSR count). The summed E-state index contributed by atoms with van der Waals surface area (Å²) in [6.07, 6.45) is 14.4. The zero-order valence-electron chi connectivity index (χ0n) is 69.6. The van der Waals surface area contributed by atoms with E-state index in [0.29, 0.717) is 134 Å². The van der Waals surface area contributed by atoms with E-state index in [1.165, 1.54) is 24.0 Å². The fraction of sp³-hybridized carbons (Fsp3) is 0.651. The minimum absolute atomic E-state index is 0.000547. The zero-order chi connectivity index (χ0) is 86.6. The molecule has 0 bridgehead atoms. The third-order valence-electron chi connectivity index (χ3n) is 26.4. The Bertz CT molecular complexity index is 4540. The molecule has 24 nitrogen and oxygen atoms in total. The number of hydrogen-bond acceptors (Lipinski definition) is 20. The van der Waals surface area contributed by atoms with Crippen LogP contribution < -0.4 is 28.4 Å². The first-order valence-corrected chi connectivity index (χ1v) is 44.7. The summed E-state index contributed by atoms with van der Waals surface area (Å²) < 4.78 is 148. The maximum atomic E-state index is 15.1. The molecule has 4 aliphatic carbocycles. The smallest absolute Gasteiger partial charge is 0.307 e. The molecule has 14 atom stereocenters. The van der Waals surface area contributed by atoms with Gasteiger partial charge in [-0.2, -0.15) is 0 Å². The van der Waals surface area contributed by atoms with Crippen LogP contribution in [-0.4, -0.2) is 168 Å². The second kappa shape index (κ2) is 34.7. The van der Waals surface area contributed by atoms with Crippen molar-refractivity contribution in [2.45, 2.75) is 268 Å². The number of sulfonamides is 2. The van der Waals surface area contributed by atoms with Crippen molar-refractivity contribution in [3.63, 3.8) is 0 Å². The summed E-state index contributed by atoms with van der Waals surface area (Å²) in [5.74, 6) is -14.4. The predicted molar refractivity (Wildman–Crippen MR) is 435 cm³/mol. The Morgan fingerprint density at radius 2 is 0.924 bits per heavy atom. The van der Waals surface area contributed by atoms with E-state index in [1.54, 1.807) is 62.6 Å². The van der Waals surface area contributed by atoms with Gasteiger partial charge in [-0.1, -0.05) is 88.0 Å². The van der Waals surface area contributed by atoms with E-state index >= 15 is 9.59 Å². The molecular formula is C86H112Cl2F4N6O18S2. The van der Waals surface area contributed by atoms with E-state index in [1.807, 2.05) is 52.0 Å². The Morgan fingerprint density at radius 1 is 0.568 bits per heavy atom. The van der Waals surface area contributed by atoms with E-state index in [4.69, 9.17) is 51.6 Å². The predicted octanol–water partition coefficient (Wildman–Crippen LogP) is 15.2. The Hall–Kier alpha value is -7.70. The summed E-state index contributed by atoms with van der Waals surface area (Å²) in [6, 6.07) is 8.02. The first kappa shape index (κ1) is 91.1. The van der Waals surface area contributed by atoms with Gasteiger partial charge in [0.05, 0.1) is 94.4 Å². The summed E-state index contributed by atoms with van der Waals surface area (Å²) in [7, 11) is -5.04. The van der Waals surface area contributed by atoms with Crippen LogP contribution in [0, 0.1) is 58.2 Å². The summed E-state index contributed by atoms with van der Waals surface area (Å²) in [5.41, 5.74) is -7.02. The number of ketones is 2. The number of carbonyl (C=O) groups is 8. The number of allylic oxidation sites excluding steroid dienone is 4. The van der Waals surface area contributed by atoms with Gasteiger partial charge in [0.15, 0.2) is 22.8 Å². The molecule has 0 unspecified atom stereocenters. The lowest BCUT2D eigenvalue weighted by molar-refractivity contribution is -0.197. The van der Waals surface area contributed by atoms with Crippen LogP contribution in [0.5, 0.6) is 23.3 Å². The van der Waals surface area contributed by atoms with Crippen molar-refractivity contribution in [2.75, 3.05) is 27.3 Å². The van der Waals surface area contributed by atoms with Gasteiger partial charge in [-0.25, -0.2) is 44.4 Å². The molecule has 2 aromatic heterocycles. The molecule has 648 valence electrons. The Kier molecular flexibility index (Phi) is 26.7. The number of hydrogen-bond donors (Lipinski definition) is 2. The Labute approximate surface area is 698 Å². The van der Waals surface area contributed by atoms with Gasteiger partial charge in [-0.15, -0.1) is 0 Å². The lowest BCUT2D eigenvalue weighted by atomic mass is 9.79. The number of ether oxygens (including phenoxy) is 6. The molecule has 2 saturated heterocycles. The third-order valence-corrected chi connectivity index (χ3v) is 31.4. The van der Waals surface area contributed by atoms with Crippen molar-refractivity contribution in [2.24, 2.45) is 58.2 Å². The summed E-state index contributed by atoms with van der Waals surface area (Å²) in [4.78, 5) is 126. The van der Waals surface area contributed by atoms with E-state index in [0.717, 1.165) is 27.7 Å². The fourth-order valence-corrected chi connectivity index (χ4v) is 20.1. The molecule has 4 aromatic rings. The Morgan fingerprint density at radius 3 is 1.25 bits per heavy atom. The molecule has 6 fully saturated rings. The molecule has 0 spiro atoms. The summed E-state index contributed by atoms with van der Waals surface area (Å²) >= 11 is 13.0.